The minimum atomic E-state index is -0.216. The number of carbonyl (C=O) groups excluding carboxylic acids is 1. The lowest BCUT2D eigenvalue weighted by molar-refractivity contribution is -0.122. The summed E-state index contributed by atoms with van der Waals surface area (Å²) in [4.78, 5) is 12.1. The molecule has 4 atom stereocenters. The van der Waals surface area contributed by atoms with Crippen molar-refractivity contribution < 1.29 is 13.9 Å². The highest BCUT2D eigenvalue weighted by molar-refractivity contribution is 5.76. The molecule has 1 amide bonds. The van der Waals surface area contributed by atoms with Crippen LogP contribution in [0.5, 0.6) is 0 Å². The summed E-state index contributed by atoms with van der Waals surface area (Å²) in [5.74, 6) is 0.618. The Morgan fingerprint density at radius 3 is 3.09 bits per heavy atom. The van der Waals surface area contributed by atoms with E-state index in [4.69, 9.17) is 4.74 Å². The van der Waals surface area contributed by atoms with Crippen LogP contribution in [0.1, 0.15) is 38.2 Å². The summed E-state index contributed by atoms with van der Waals surface area (Å²) < 4.78 is 18.8. The average molecular weight is 305 g/mol. The van der Waals surface area contributed by atoms with Gasteiger partial charge in [-0.15, -0.1) is 0 Å². The van der Waals surface area contributed by atoms with Gasteiger partial charge in [0.1, 0.15) is 5.82 Å². The molecule has 1 aromatic carbocycles. The van der Waals surface area contributed by atoms with Crippen LogP contribution >= 0.6 is 0 Å². The van der Waals surface area contributed by atoms with Gasteiger partial charge in [-0.05, 0) is 49.3 Å². The maximum Gasteiger partial charge on any atom is 0.220 e. The summed E-state index contributed by atoms with van der Waals surface area (Å²) in [6.45, 7) is 2.90. The Kier molecular flexibility index (Phi) is 4.77. The zero-order valence-electron chi connectivity index (χ0n) is 13.1. The Morgan fingerprint density at radius 1 is 1.50 bits per heavy atom. The maximum absolute atomic E-state index is 13.2. The van der Waals surface area contributed by atoms with Crippen LogP contribution in [0.4, 0.5) is 4.39 Å². The normalized spacial score (nSPS) is 28.4. The molecule has 120 valence electrons. The van der Waals surface area contributed by atoms with Crippen molar-refractivity contribution in [2.24, 2.45) is 11.8 Å². The van der Waals surface area contributed by atoms with Gasteiger partial charge in [-0.2, -0.15) is 0 Å². The molecule has 1 aliphatic carbocycles. The van der Waals surface area contributed by atoms with E-state index in [0.29, 0.717) is 24.5 Å². The first kappa shape index (κ1) is 15.5. The number of rotatable bonds is 6. The quantitative estimate of drug-likeness (QED) is 0.877. The van der Waals surface area contributed by atoms with Crippen molar-refractivity contribution in [2.75, 3.05) is 6.61 Å². The van der Waals surface area contributed by atoms with Crippen LogP contribution in [-0.2, 0) is 16.0 Å². The number of benzene rings is 1. The van der Waals surface area contributed by atoms with Crippen LogP contribution in [0.3, 0.4) is 0 Å². The number of hydrogen-bond donors (Lipinski definition) is 1. The van der Waals surface area contributed by atoms with Gasteiger partial charge in [0.2, 0.25) is 5.91 Å². The zero-order chi connectivity index (χ0) is 15.5. The molecule has 1 aromatic rings. The summed E-state index contributed by atoms with van der Waals surface area (Å²) in [6.07, 6.45) is 4.90. The van der Waals surface area contributed by atoms with E-state index in [1.807, 2.05) is 13.0 Å². The Labute approximate surface area is 131 Å². The fraction of sp³-hybridized carbons (Fsp3) is 0.611. The Bertz CT molecular complexity index is 528. The second-order valence-corrected chi connectivity index (χ2v) is 6.77. The number of carbonyl (C=O) groups is 1. The Hall–Kier alpha value is -1.42. The molecule has 1 saturated carbocycles. The van der Waals surface area contributed by atoms with Gasteiger partial charge >= 0.3 is 0 Å². The van der Waals surface area contributed by atoms with E-state index in [0.717, 1.165) is 37.9 Å². The highest BCUT2D eigenvalue weighted by atomic mass is 19.1. The predicted octanol–water partition coefficient (Wildman–Crippen LogP) is 3.08. The Morgan fingerprint density at radius 2 is 2.36 bits per heavy atom. The van der Waals surface area contributed by atoms with Gasteiger partial charge in [0.25, 0.3) is 0 Å². The third-order valence-corrected chi connectivity index (χ3v) is 4.64. The molecule has 3 rings (SSSR count). The predicted molar refractivity (Wildman–Crippen MR) is 82.9 cm³/mol. The van der Waals surface area contributed by atoms with Crippen LogP contribution in [0.15, 0.2) is 24.3 Å². The number of amides is 1. The molecule has 0 radical (unpaired) electrons. The van der Waals surface area contributed by atoms with Gasteiger partial charge in [0, 0.05) is 25.0 Å². The number of nitrogens with one attached hydrogen (secondary N) is 1. The number of halogens is 1. The van der Waals surface area contributed by atoms with E-state index in [9.17, 15) is 9.18 Å². The molecule has 1 heterocycles. The molecule has 0 aromatic heterocycles. The van der Waals surface area contributed by atoms with Crippen molar-refractivity contribution >= 4 is 5.91 Å². The lowest BCUT2D eigenvalue weighted by atomic mass is 9.97. The highest BCUT2D eigenvalue weighted by Crippen LogP contribution is 2.39. The molecule has 2 fully saturated rings. The standard InChI is InChI=1S/C18H24FNO2/c1-12(8-13-4-2-5-14(19)10-13)9-18(21)20-16-11-15(16)17-6-3-7-22-17/h2,4-5,10,12,15-17H,3,6-9,11H2,1H3,(H,20,21)/t12?,15-,16-,17?/m1/s1. The zero-order valence-corrected chi connectivity index (χ0v) is 13.1. The summed E-state index contributed by atoms with van der Waals surface area (Å²) in [5, 5.41) is 3.12. The molecular weight excluding hydrogens is 281 g/mol. The molecule has 0 bridgehead atoms. The fourth-order valence-corrected chi connectivity index (χ4v) is 3.45. The molecule has 2 unspecified atom stereocenters. The van der Waals surface area contributed by atoms with Crippen molar-refractivity contribution in [3.05, 3.63) is 35.6 Å². The van der Waals surface area contributed by atoms with E-state index >= 15 is 0 Å². The first-order chi connectivity index (χ1) is 10.6. The SMILES string of the molecule is CC(CC(=O)N[C@@H]1C[C@H]1C1CCCO1)Cc1cccc(F)c1. The topological polar surface area (TPSA) is 38.3 Å². The smallest absolute Gasteiger partial charge is 0.220 e. The van der Waals surface area contributed by atoms with Gasteiger partial charge in [-0.1, -0.05) is 19.1 Å². The third-order valence-electron chi connectivity index (χ3n) is 4.64. The van der Waals surface area contributed by atoms with Gasteiger partial charge < -0.3 is 10.1 Å². The summed E-state index contributed by atoms with van der Waals surface area (Å²) in [7, 11) is 0. The van der Waals surface area contributed by atoms with Crippen molar-refractivity contribution in [1.29, 1.82) is 0 Å². The molecule has 3 nitrogen and oxygen atoms in total. The average Bonchev–Trinajstić information content (AvgIpc) is 2.99. The lowest BCUT2D eigenvalue weighted by Gasteiger charge is -2.13. The fourth-order valence-electron chi connectivity index (χ4n) is 3.45. The first-order valence-electron chi connectivity index (χ1n) is 8.27. The van der Waals surface area contributed by atoms with Gasteiger partial charge in [0.05, 0.1) is 6.10 Å². The van der Waals surface area contributed by atoms with Crippen molar-refractivity contribution in [1.82, 2.24) is 5.32 Å². The van der Waals surface area contributed by atoms with Crippen LogP contribution in [0.2, 0.25) is 0 Å². The number of ether oxygens (including phenoxy) is 1. The summed E-state index contributed by atoms with van der Waals surface area (Å²) >= 11 is 0. The summed E-state index contributed by atoms with van der Waals surface area (Å²) in [6, 6.07) is 6.92. The molecular formula is C18H24FNO2. The van der Waals surface area contributed by atoms with Crippen LogP contribution < -0.4 is 5.32 Å². The van der Waals surface area contributed by atoms with Gasteiger partial charge in [0.15, 0.2) is 0 Å². The van der Waals surface area contributed by atoms with E-state index in [1.165, 1.54) is 6.07 Å². The van der Waals surface area contributed by atoms with E-state index in [1.54, 1.807) is 12.1 Å². The maximum atomic E-state index is 13.2. The lowest BCUT2D eigenvalue weighted by Crippen LogP contribution is -2.30. The minimum absolute atomic E-state index is 0.106. The third kappa shape index (κ3) is 4.07. The monoisotopic (exact) mass is 305 g/mol. The van der Waals surface area contributed by atoms with E-state index in [-0.39, 0.29) is 17.6 Å². The first-order valence-corrected chi connectivity index (χ1v) is 8.27. The highest BCUT2D eigenvalue weighted by Gasteiger charge is 2.45. The van der Waals surface area contributed by atoms with Crippen molar-refractivity contribution in [2.45, 2.75) is 51.2 Å². The van der Waals surface area contributed by atoms with E-state index in [2.05, 4.69) is 5.32 Å². The molecule has 1 aliphatic heterocycles. The molecule has 0 spiro atoms. The van der Waals surface area contributed by atoms with Crippen LogP contribution in [-0.4, -0.2) is 24.7 Å². The van der Waals surface area contributed by atoms with Crippen LogP contribution in [0, 0.1) is 17.7 Å². The molecule has 22 heavy (non-hydrogen) atoms. The molecule has 1 saturated heterocycles. The van der Waals surface area contributed by atoms with Gasteiger partial charge in [-0.3, -0.25) is 4.79 Å². The second kappa shape index (κ2) is 6.78. The largest absolute Gasteiger partial charge is 0.378 e. The van der Waals surface area contributed by atoms with E-state index < -0.39 is 0 Å². The molecule has 2 aliphatic rings. The molecule has 1 N–H and O–H groups in total. The second-order valence-electron chi connectivity index (χ2n) is 6.77. The van der Waals surface area contributed by atoms with Crippen LogP contribution in [0.25, 0.3) is 0 Å². The number of hydrogen-bond acceptors (Lipinski definition) is 2. The van der Waals surface area contributed by atoms with Crippen molar-refractivity contribution in [3.8, 4) is 0 Å². The molecule has 4 heteroatoms. The minimum Gasteiger partial charge on any atom is -0.378 e. The van der Waals surface area contributed by atoms with Gasteiger partial charge in [-0.25, -0.2) is 4.39 Å². The Balaban J connectivity index is 1.40. The van der Waals surface area contributed by atoms with Crippen molar-refractivity contribution in [3.63, 3.8) is 0 Å². The summed E-state index contributed by atoms with van der Waals surface area (Å²) in [5.41, 5.74) is 0.948.